The maximum atomic E-state index is 8.88. The smallest absolute Gasteiger partial charge is 0.230 e. The van der Waals surface area contributed by atoms with Crippen LogP contribution in [0.25, 0.3) is 0 Å². The van der Waals surface area contributed by atoms with Crippen molar-refractivity contribution < 1.29 is 9.94 Å². The fraction of sp³-hybridized carbons (Fsp3) is 0.143. The highest BCUT2D eigenvalue weighted by molar-refractivity contribution is 6.30. The zero-order valence-electron chi connectivity index (χ0n) is 11.1. The topological polar surface area (TPSA) is 80.7 Å². The van der Waals surface area contributed by atoms with E-state index in [0.29, 0.717) is 16.3 Å². The van der Waals surface area contributed by atoms with Gasteiger partial charge in [0.2, 0.25) is 5.88 Å². The lowest BCUT2D eigenvalue weighted by molar-refractivity contribution is 0.318. The van der Waals surface area contributed by atoms with Crippen LogP contribution >= 0.6 is 11.6 Å². The van der Waals surface area contributed by atoms with Gasteiger partial charge in [-0.25, -0.2) is 4.98 Å². The number of nitrogens with zero attached hydrogens (tertiary/aromatic N) is 2. The van der Waals surface area contributed by atoms with Crippen LogP contribution in [0.4, 0.5) is 0 Å². The van der Waals surface area contributed by atoms with Crippen molar-refractivity contribution >= 4 is 17.4 Å². The molecule has 1 heterocycles. The van der Waals surface area contributed by atoms with Gasteiger partial charge in [-0.3, -0.25) is 0 Å². The molecule has 2 rings (SSSR count). The summed E-state index contributed by atoms with van der Waals surface area (Å²) < 4.78 is 5.71. The van der Waals surface area contributed by atoms with Crippen molar-refractivity contribution in [3.05, 3.63) is 52.2 Å². The minimum Gasteiger partial charge on any atom is -0.438 e. The Morgan fingerprint density at radius 1 is 1.35 bits per heavy atom. The van der Waals surface area contributed by atoms with E-state index in [0.717, 1.165) is 11.3 Å². The maximum absolute atomic E-state index is 8.88. The lowest BCUT2D eigenvalue weighted by atomic mass is 10.1. The molecule has 2 aromatic rings. The molecular formula is C14H14ClN3O2. The first-order valence-electron chi connectivity index (χ1n) is 5.91. The van der Waals surface area contributed by atoms with Crippen molar-refractivity contribution in [2.45, 2.75) is 13.8 Å². The first-order chi connectivity index (χ1) is 9.51. The van der Waals surface area contributed by atoms with E-state index < -0.39 is 0 Å². The average Bonchev–Trinajstić information content (AvgIpc) is 2.37. The number of ether oxygens (including phenoxy) is 1. The molecule has 0 bridgehead atoms. The molecule has 0 aliphatic heterocycles. The van der Waals surface area contributed by atoms with E-state index in [1.807, 2.05) is 19.9 Å². The Balaban J connectivity index is 2.50. The number of hydrogen-bond donors (Lipinski definition) is 2. The predicted octanol–water partition coefficient (Wildman–Crippen LogP) is 3.24. The summed E-state index contributed by atoms with van der Waals surface area (Å²) in [4.78, 5) is 4.29. The summed E-state index contributed by atoms with van der Waals surface area (Å²) in [6.45, 7) is 3.68. The van der Waals surface area contributed by atoms with Crippen LogP contribution < -0.4 is 10.5 Å². The number of rotatable bonds is 3. The van der Waals surface area contributed by atoms with Crippen LogP contribution in [-0.4, -0.2) is 16.0 Å². The van der Waals surface area contributed by atoms with Crippen molar-refractivity contribution in [1.82, 2.24) is 4.98 Å². The predicted molar refractivity (Wildman–Crippen MR) is 77.7 cm³/mol. The number of aryl methyl sites for hydroxylation is 2. The molecular weight excluding hydrogens is 278 g/mol. The fourth-order valence-electron chi connectivity index (χ4n) is 1.88. The number of halogens is 1. The summed E-state index contributed by atoms with van der Waals surface area (Å²) in [6.07, 6.45) is 0. The SMILES string of the molecule is Cc1cc(C)c(/C(N)=N/O)c(Oc2cccc(Cl)c2)n1. The third-order valence-electron chi connectivity index (χ3n) is 2.69. The standard InChI is InChI=1S/C14H14ClN3O2/c1-8-6-9(2)17-14(12(8)13(16)18-19)20-11-5-3-4-10(15)7-11/h3-7,19H,1-2H3,(H2,16,18). The Bertz CT molecular complexity index is 671. The van der Waals surface area contributed by atoms with Gasteiger partial charge in [0.05, 0.1) is 5.56 Å². The first-order valence-corrected chi connectivity index (χ1v) is 6.28. The van der Waals surface area contributed by atoms with Gasteiger partial charge in [0, 0.05) is 10.7 Å². The molecule has 0 saturated heterocycles. The van der Waals surface area contributed by atoms with Crippen molar-refractivity contribution in [2.75, 3.05) is 0 Å². The second-order valence-corrected chi connectivity index (χ2v) is 4.74. The van der Waals surface area contributed by atoms with E-state index in [9.17, 15) is 0 Å². The first kappa shape index (κ1) is 14.1. The Kier molecular flexibility index (Phi) is 4.10. The molecule has 0 radical (unpaired) electrons. The number of hydrogen-bond acceptors (Lipinski definition) is 4. The van der Waals surface area contributed by atoms with Gasteiger partial charge in [0.1, 0.15) is 5.75 Å². The van der Waals surface area contributed by atoms with Gasteiger partial charge in [0.15, 0.2) is 5.84 Å². The lowest BCUT2D eigenvalue weighted by Gasteiger charge is -2.12. The van der Waals surface area contributed by atoms with E-state index >= 15 is 0 Å². The molecule has 0 aliphatic carbocycles. The molecule has 6 heteroatoms. The van der Waals surface area contributed by atoms with Crippen molar-refractivity contribution in [3.63, 3.8) is 0 Å². The molecule has 0 aliphatic rings. The molecule has 5 nitrogen and oxygen atoms in total. The molecule has 0 saturated carbocycles. The van der Waals surface area contributed by atoms with E-state index in [1.54, 1.807) is 24.3 Å². The number of pyridine rings is 1. The Labute approximate surface area is 121 Å². The number of nitrogens with two attached hydrogens (primary N) is 1. The highest BCUT2D eigenvalue weighted by Crippen LogP contribution is 2.27. The van der Waals surface area contributed by atoms with Crippen LogP contribution in [0.2, 0.25) is 5.02 Å². The number of oxime groups is 1. The van der Waals surface area contributed by atoms with Gasteiger partial charge in [-0.15, -0.1) is 0 Å². The van der Waals surface area contributed by atoms with Crippen LogP contribution in [0.5, 0.6) is 11.6 Å². The molecule has 1 aromatic carbocycles. The van der Waals surface area contributed by atoms with Crippen LogP contribution in [0, 0.1) is 13.8 Å². The second-order valence-electron chi connectivity index (χ2n) is 4.31. The van der Waals surface area contributed by atoms with E-state index in [1.165, 1.54) is 0 Å². The molecule has 0 atom stereocenters. The Hall–Kier alpha value is -2.27. The third kappa shape index (κ3) is 3.00. The van der Waals surface area contributed by atoms with Gasteiger partial charge in [-0.1, -0.05) is 22.8 Å². The lowest BCUT2D eigenvalue weighted by Crippen LogP contribution is -2.17. The summed E-state index contributed by atoms with van der Waals surface area (Å²) in [5.41, 5.74) is 7.72. The average molecular weight is 292 g/mol. The number of amidine groups is 1. The molecule has 0 spiro atoms. The zero-order valence-corrected chi connectivity index (χ0v) is 11.8. The van der Waals surface area contributed by atoms with Crippen molar-refractivity contribution in [1.29, 1.82) is 0 Å². The Morgan fingerprint density at radius 2 is 2.10 bits per heavy atom. The highest BCUT2D eigenvalue weighted by Gasteiger charge is 2.15. The monoisotopic (exact) mass is 291 g/mol. The molecule has 1 aromatic heterocycles. The molecule has 3 N–H and O–H groups in total. The van der Waals surface area contributed by atoms with Crippen LogP contribution in [0.1, 0.15) is 16.8 Å². The summed E-state index contributed by atoms with van der Waals surface area (Å²) in [6, 6.07) is 8.76. The van der Waals surface area contributed by atoms with Gasteiger partial charge in [-0.2, -0.15) is 0 Å². The Morgan fingerprint density at radius 3 is 2.75 bits per heavy atom. The summed E-state index contributed by atoms with van der Waals surface area (Å²) in [5.74, 6) is 0.758. The fourth-order valence-corrected chi connectivity index (χ4v) is 2.06. The van der Waals surface area contributed by atoms with Crippen LogP contribution in [0.3, 0.4) is 0 Å². The molecule has 0 amide bonds. The van der Waals surface area contributed by atoms with E-state index in [4.69, 9.17) is 27.3 Å². The molecule has 0 fully saturated rings. The molecule has 0 unspecified atom stereocenters. The van der Waals surface area contributed by atoms with Gasteiger partial charge >= 0.3 is 0 Å². The van der Waals surface area contributed by atoms with Crippen molar-refractivity contribution in [2.24, 2.45) is 10.9 Å². The van der Waals surface area contributed by atoms with E-state index in [2.05, 4.69) is 10.1 Å². The van der Waals surface area contributed by atoms with Gasteiger partial charge in [0.25, 0.3) is 0 Å². The number of aromatic nitrogens is 1. The quantitative estimate of drug-likeness (QED) is 0.394. The number of benzene rings is 1. The second kappa shape index (κ2) is 5.79. The van der Waals surface area contributed by atoms with Crippen LogP contribution in [-0.2, 0) is 0 Å². The minimum absolute atomic E-state index is 0.0490. The maximum Gasteiger partial charge on any atom is 0.230 e. The zero-order chi connectivity index (χ0) is 14.7. The van der Waals surface area contributed by atoms with Crippen LogP contribution in [0.15, 0.2) is 35.5 Å². The third-order valence-corrected chi connectivity index (χ3v) is 2.92. The van der Waals surface area contributed by atoms with E-state index in [-0.39, 0.29) is 11.7 Å². The highest BCUT2D eigenvalue weighted by atomic mass is 35.5. The molecule has 20 heavy (non-hydrogen) atoms. The molecule has 104 valence electrons. The van der Waals surface area contributed by atoms with Gasteiger partial charge < -0.3 is 15.7 Å². The van der Waals surface area contributed by atoms with Crippen molar-refractivity contribution in [3.8, 4) is 11.6 Å². The summed E-state index contributed by atoms with van der Waals surface area (Å²) in [7, 11) is 0. The largest absolute Gasteiger partial charge is 0.438 e. The minimum atomic E-state index is -0.0490. The van der Waals surface area contributed by atoms with Gasteiger partial charge in [-0.05, 0) is 43.7 Å². The summed E-state index contributed by atoms with van der Waals surface area (Å²) in [5, 5.41) is 12.4. The normalized spacial score (nSPS) is 11.4. The summed E-state index contributed by atoms with van der Waals surface area (Å²) >= 11 is 5.91.